The molecule has 6 heteroatoms. The second-order valence-electron chi connectivity index (χ2n) is 5.39. The van der Waals surface area contributed by atoms with Gasteiger partial charge in [0.25, 0.3) is 0 Å². The SMILES string of the molecule is N#Cc1cnc2ccc(F)cc2c1N1CCC(C(=O)O)CC1. The van der Waals surface area contributed by atoms with Crippen LogP contribution in [-0.2, 0) is 4.79 Å². The Kier molecular flexibility index (Phi) is 3.63. The van der Waals surface area contributed by atoms with Crippen LogP contribution in [-0.4, -0.2) is 29.1 Å². The minimum atomic E-state index is -0.786. The molecule has 1 N–H and O–H groups in total. The van der Waals surface area contributed by atoms with Gasteiger partial charge < -0.3 is 10.0 Å². The molecule has 1 aromatic carbocycles. The molecule has 1 saturated heterocycles. The zero-order chi connectivity index (χ0) is 15.7. The summed E-state index contributed by atoms with van der Waals surface area (Å²) in [6.07, 6.45) is 2.51. The topological polar surface area (TPSA) is 77.2 Å². The van der Waals surface area contributed by atoms with Crippen molar-refractivity contribution in [3.63, 3.8) is 0 Å². The summed E-state index contributed by atoms with van der Waals surface area (Å²) in [6.45, 7) is 1.06. The van der Waals surface area contributed by atoms with Crippen LogP contribution in [0.1, 0.15) is 18.4 Å². The molecule has 0 radical (unpaired) electrons. The summed E-state index contributed by atoms with van der Waals surface area (Å²) in [4.78, 5) is 17.2. The number of nitriles is 1. The van der Waals surface area contributed by atoms with Crippen molar-refractivity contribution in [1.82, 2.24) is 4.98 Å². The zero-order valence-electron chi connectivity index (χ0n) is 11.8. The minimum absolute atomic E-state index is 0.355. The number of carboxylic acid groups (broad SMARTS) is 1. The number of carboxylic acids is 1. The smallest absolute Gasteiger partial charge is 0.306 e. The van der Waals surface area contributed by atoms with E-state index in [1.807, 2.05) is 4.90 Å². The predicted octanol–water partition coefficient (Wildman–Crippen LogP) is 2.55. The fourth-order valence-electron chi connectivity index (χ4n) is 2.92. The molecule has 112 valence electrons. The van der Waals surface area contributed by atoms with Crippen molar-refractivity contribution in [1.29, 1.82) is 5.26 Å². The number of benzene rings is 1. The number of aliphatic carboxylic acids is 1. The number of carbonyl (C=O) groups is 1. The number of rotatable bonds is 2. The fourth-order valence-corrected chi connectivity index (χ4v) is 2.92. The van der Waals surface area contributed by atoms with E-state index in [4.69, 9.17) is 5.11 Å². The Balaban J connectivity index is 2.04. The summed E-state index contributed by atoms with van der Waals surface area (Å²) in [5, 5.41) is 19.0. The summed E-state index contributed by atoms with van der Waals surface area (Å²) in [5.41, 5.74) is 1.65. The average Bonchev–Trinajstić information content (AvgIpc) is 2.53. The average molecular weight is 299 g/mol. The number of anilines is 1. The summed E-state index contributed by atoms with van der Waals surface area (Å²) < 4.78 is 13.6. The van der Waals surface area contributed by atoms with Crippen molar-refractivity contribution in [2.75, 3.05) is 18.0 Å². The number of aromatic nitrogens is 1. The molecule has 1 aliphatic rings. The molecule has 1 fully saturated rings. The van der Waals surface area contributed by atoms with Crippen molar-refractivity contribution in [3.05, 3.63) is 35.8 Å². The van der Waals surface area contributed by atoms with Crippen LogP contribution in [0.4, 0.5) is 10.1 Å². The Morgan fingerprint density at radius 2 is 2.14 bits per heavy atom. The lowest BCUT2D eigenvalue weighted by Gasteiger charge is -2.33. The first kappa shape index (κ1) is 14.3. The number of piperidine rings is 1. The molecule has 5 nitrogen and oxygen atoms in total. The van der Waals surface area contributed by atoms with E-state index in [0.717, 1.165) is 0 Å². The summed E-state index contributed by atoms with van der Waals surface area (Å²) in [5.74, 6) is -1.52. The molecule has 0 bridgehead atoms. The number of hydrogen-bond acceptors (Lipinski definition) is 4. The quantitative estimate of drug-likeness (QED) is 0.922. The maximum atomic E-state index is 13.6. The Hall–Kier alpha value is -2.68. The van der Waals surface area contributed by atoms with Gasteiger partial charge in [-0.05, 0) is 31.0 Å². The van der Waals surface area contributed by atoms with E-state index in [2.05, 4.69) is 11.1 Å². The van der Waals surface area contributed by atoms with Crippen molar-refractivity contribution >= 4 is 22.6 Å². The molecule has 0 atom stereocenters. The van der Waals surface area contributed by atoms with Crippen LogP contribution in [0.15, 0.2) is 24.4 Å². The standard InChI is InChI=1S/C16H14FN3O2/c17-12-1-2-14-13(7-12)15(11(8-18)9-19-14)20-5-3-10(4-6-20)16(21)22/h1-2,7,9-10H,3-6H2,(H,21,22). The van der Waals surface area contributed by atoms with Crippen LogP contribution >= 0.6 is 0 Å². The van der Waals surface area contributed by atoms with Gasteiger partial charge in [-0.1, -0.05) is 0 Å². The molecule has 2 aromatic rings. The molecule has 0 amide bonds. The summed E-state index contributed by atoms with van der Waals surface area (Å²) in [7, 11) is 0. The second-order valence-corrected chi connectivity index (χ2v) is 5.39. The van der Waals surface area contributed by atoms with E-state index in [9.17, 15) is 14.4 Å². The van der Waals surface area contributed by atoms with Gasteiger partial charge in [-0.3, -0.25) is 9.78 Å². The fraction of sp³-hybridized carbons (Fsp3) is 0.312. The Morgan fingerprint density at radius 1 is 1.41 bits per heavy atom. The highest BCUT2D eigenvalue weighted by atomic mass is 19.1. The van der Waals surface area contributed by atoms with Gasteiger partial charge in [0.2, 0.25) is 0 Å². The van der Waals surface area contributed by atoms with Gasteiger partial charge in [-0.2, -0.15) is 5.26 Å². The van der Waals surface area contributed by atoms with E-state index < -0.39 is 5.97 Å². The molecule has 2 heterocycles. The molecular formula is C16H14FN3O2. The molecule has 0 spiro atoms. The highest BCUT2D eigenvalue weighted by Gasteiger charge is 2.26. The van der Waals surface area contributed by atoms with Gasteiger partial charge in [0, 0.05) is 24.7 Å². The van der Waals surface area contributed by atoms with Gasteiger partial charge in [-0.25, -0.2) is 4.39 Å². The molecule has 22 heavy (non-hydrogen) atoms. The number of halogens is 1. The monoisotopic (exact) mass is 299 g/mol. The first-order chi connectivity index (χ1) is 10.6. The zero-order valence-corrected chi connectivity index (χ0v) is 11.8. The van der Waals surface area contributed by atoms with Crippen LogP contribution in [0.5, 0.6) is 0 Å². The molecule has 0 saturated carbocycles. The van der Waals surface area contributed by atoms with Crippen LogP contribution in [0, 0.1) is 23.1 Å². The Morgan fingerprint density at radius 3 is 2.77 bits per heavy atom. The highest BCUT2D eigenvalue weighted by Crippen LogP contribution is 2.32. The van der Waals surface area contributed by atoms with Gasteiger partial charge in [0.05, 0.1) is 22.7 Å². The van der Waals surface area contributed by atoms with Crippen LogP contribution in [0.25, 0.3) is 10.9 Å². The van der Waals surface area contributed by atoms with Crippen molar-refractivity contribution in [3.8, 4) is 6.07 Å². The maximum absolute atomic E-state index is 13.6. The third-order valence-electron chi connectivity index (χ3n) is 4.08. The molecule has 0 unspecified atom stereocenters. The van der Waals surface area contributed by atoms with Crippen LogP contribution < -0.4 is 4.90 Å². The minimum Gasteiger partial charge on any atom is -0.481 e. The van der Waals surface area contributed by atoms with E-state index in [0.29, 0.717) is 48.1 Å². The van der Waals surface area contributed by atoms with Gasteiger partial charge >= 0.3 is 5.97 Å². The van der Waals surface area contributed by atoms with E-state index in [-0.39, 0.29) is 11.7 Å². The maximum Gasteiger partial charge on any atom is 0.306 e. The number of hydrogen-bond donors (Lipinski definition) is 1. The largest absolute Gasteiger partial charge is 0.481 e. The van der Waals surface area contributed by atoms with Gasteiger partial charge in [0.1, 0.15) is 11.9 Å². The van der Waals surface area contributed by atoms with E-state index in [1.165, 1.54) is 18.3 Å². The van der Waals surface area contributed by atoms with Crippen molar-refractivity contribution in [2.45, 2.75) is 12.8 Å². The van der Waals surface area contributed by atoms with E-state index >= 15 is 0 Å². The lowest BCUT2D eigenvalue weighted by Crippen LogP contribution is -2.36. The third kappa shape index (κ3) is 2.46. The van der Waals surface area contributed by atoms with E-state index in [1.54, 1.807) is 6.07 Å². The first-order valence-electron chi connectivity index (χ1n) is 7.06. The molecule has 1 aromatic heterocycles. The number of nitrogens with zero attached hydrogens (tertiary/aromatic N) is 3. The van der Waals surface area contributed by atoms with Gasteiger partial charge in [0.15, 0.2) is 0 Å². The molecule has 3 rings (SSSR count). The second kappa shape index (κ2) is 5.60. The van der Waals surface area contributed by atoms with Gasteiger partial charge in [-0.15, -0.1) is 0 Å². The highest BCUT2D eigenvalue weighted by molar-refractivity contribution is 5.94. The van der Waals surface area contributed by atoms with Crippen molar-refractivity contribution < 1.29 is 14.3 Å². The van der Waals surface area contributed by atoms with Crippen molar-refractivity contribution in [2.24, 2.45) is 5.92 Å². The summed E-state index contributed by atoms with van der Waals surface area (Å²) >= 11 is 0. The molecule has 0 aliphatic carbocycles. The molecular weight excluding hydrogens is 285 g/mol. The lowest BCUT2D eigenvalue weighted by molar-refractivity contribution is -0.142. The number of fused-ring (bicyclic) bond motifs is 1. The number of pyridine rings is 1. The predicted molar refractivity (Wildman–Crippen MR) is 79.0 cm³/mol. The lowest BCUT2D eigenvalue weighted by atomic mass is 9.95. The Bertz CT molecular complexity index is 777. The Labute approximate surface area is 126 Å². The summed E-state index contributed by atoms with van der Waals surface area (Å²) in [6, 6.07) is 6.39. The first-order valence-corrected chi connectivity index (χ1v) is 7.06. The third-order valence-corrected chi connectivity index (χ3v) is 4.08. The van der Waals surface area contributed by atoms with Crippen LogP contribution in [0.2, 0.25) is 0 Å². The molecule has 1 aliphatic heterocycles. The van der Waals surface area contributed by atoms with Crippen LogP contribution in [0.3, 0.4) is 0 Å². The normalized spacial score (nSPS) is 15.7.